The molecule has 0 saturated carbocycles. The number of rotatable bonds is 2. The van der Waals surface area contributed by atoms with Crippen molar-refractivity contribution in [3.8, 4) is 22.4 Å². The van der Waals surface area contributed by atoms with Crippen molar-refractivity contribution in [3.05, 3.63) is 59.5 Å². The van der Waals surface area contributed by atoms with E-state index in [1.807, 2.05) is 23.9 Å². The molecule has 4 heterocycles. The third-order valence-corrected chi connectivity index (χ3v) is 5.70. The highest BCUT2D eigenvalue weighted by Gasteiger charge is 2.31. The number of halogens is 3. The van der Waals surface area contributed by atoms with Gasteiger partial charge in [0.2, 0.25) is 0 Å². The van der Waals surface area contributed by atoms with Gasteiger partial charge >= 0.3 is 6.18 Å². The zero-order chi connectivity index (χ0) is 21.0. The van der Waals surface area contributed by atoms with Crippen LogP contribution in [0.25, 0.3) is 33.4 Å². The number of aromatic nitrogens is 4. The van der Waals surface area contributed by atoms with E-state index in [2.05, 4.69) is 22.2 Å². The zero-order valence-electron chi connectivity index (χ0n) is 16.5. The fourth-order valence-electron chi connectivity index (χ4n) is 4.28. The molecule has 8 heteroatoms. The van der Waals surface area contributed by atoms with Crippen molar-refractivity contribution in [2.45, 2.75) is 32.6 Å². The lowest BCUT2D eigenvalue weighted by Gasteiger charge is -2.23. The minimum absolute atomic E-state index is 0.0620. The number of benzene rings is 1. The maximum Gasteiger partial charge on any atom is 0.416 e. The van der Waals surface area contributed by atoms with Crippen molar-refractivity contribution in [3.63, 3.8) is 0 Å². The minimum Gasteiger partial charge on any atom is -0.346 e. The van der Waals surface area contributed by atoms with E-state index in [0.29, 0.717) is 17.8 Å². The lowest BCUT2D eigenvalue weighted by molar-refractivity contribution is -0.137. The molecule has 0 fully saturated rings. The first-order chi connectivity index (χ1) is 14.3. The van der Waals surface area contributed by atoms with Gasteiger partial charge in [-0.15, -0.1) is 0 Å². The Hall–Kier alpha value is -3.13. The average molecular weight is 411 g/mol. The molecule has 1 aromatic carbocycles. The first-order valence-corrected chi connectivity index (χ1v) is 9.79. The van der Waals surface area contributed by atoms with Crippen LogP contribution in [-0.2, 0) is 12.7 Å². The van der Waals surface area contributed by atoms with Gasteiger partial charge in [-0.25, -0.2) is 4.98 Å². The van der Waals surface area contributed by atoms with Gasteiger partial charge in [0.05, 0.1) is 17.8 Å². The van der Waals surface area contributed by atoms with Crippen molar-refractivity contribution >= 4 is 11.0 Å². The summed E-state index contributed by atoms with van der Waals surface area (Å²) in [6.07, 6.45) is -0.710. The van der Waals surface area contributed by atoms with E-state index in [4.69, 9.17) is 5.10 Å². The van der Waals surface area contributed by atoms with Gasteiger partial charge in [-0.2, -0.15) is 18.3 Å². The Morgan fingerprint density at radius 1 is 1.13 bits per heavy atom. The second kappa shape index (κ2) is 6.70. The van der Waals surface area contributed by atoms with Crippen molar-refractivity contribution in [1.29, 1.82) is 0 Å². The van der Waals surface area contributed by atoms with Crippen LogP contribution >= 0.6 is 0 Å². The molecule has 1 atom stereocenters. The van der Waals surface area contributed by atoms with Crippen molar-refractivity contribution in [1.82, 2.24) is 25.1 Å². The van der Waals surface area contributed by atoms with Crippen LogP contribution in [0.5, 0.6) is 0 Å². The zero-order valence-corrected chi connectivity index (χ0v) is 16.5. The van der Waals surface area contributed by atoms with Crippen LogP contribution in [0.4, 0.5) is 13.2 Å². The Kier molecular flexibility index (Phi) is 4.21. The highest BCUT2D eigenvalue weighted by molar-refractivity contribution is 6.00. The average Bonchev–Trinajstić information content (AvgIpc) is 3.29. The van der Waals surface area contributed by atoms with Crippen molar-refractivity contribution < 1.29 is 13.2 Å². The SMILES string of the molecule is Cc1c[nH]c2nccc(-c3c(-c4ccc(C(F)(F)F)cc4)nn4c3C(C)NCC4)c12. The highest BCUT2D eigenvalue weighted by Crippen LogP contribution is 2.42. The van der Waals surface area contributed by atoms with Gasteiger partial charge in [0.1, 0.15) is 11.3 Å². The summed E-state index contributed by atoms with van der Waals surface area (Å²) in [7, 11) is 0. The summed E-state index contributed by atoms with van der Waals surface area (Å²) in [6, 6.07) is 7.25. The molecule has 30 heavy (non-hydrogen) atoms. The number of fused-ring (bicyclic) bond motifs is 2. The Morgan fingerprint density at radius 2 is 1.90 bits per heavy atom. The lowest BCUT2D eigenvalue weighted by atomic mass is 9.93. The molecule has 0 amide bonds. The molecule has 0 bridgehead atoms. The van der Waals surface area contributed by atoms with E-state index in [-0.39, 0.29) is 6.04 Å². The number of nitrogens with one attached hydrogen (secondary N) is 2. The van der Waals surface area contributed by atoms with E-state index in [1.165, 1.54) is 12.1 Å². The van der Waals surface area contributed by atoms with E-state index in [9.17, 15) is 13.2 Å². The predicted octanol–water partition coefficient (Wildman–Crippen LogP) is 5.08. The Balaban J connectivity index is 1.78. The highest BCUT2D eigenvalue weighted by atomic mass is 19.4. The van der Waals surface area contributed by atoms with Crippen LogP contribution in [0, 0.1) is 6.92 Å². The van der Waals surface area contributed by atoms with Gasteiger partial charge in [0.25, 0.3) is 0 Å². The van der Waals surface area contributed by atoms with Crippen LogP contribution in [0.2, 0.25) is 0 Å². The molecule has 154 valence electrons. The second-order valence-corrected chi connectivity index (χ2v) is 7.64. The monoisotopic (exact) mass is 411 g/mol. The summed E-state index contributed by atoms with van der Waals surface area (Å²) >= 11 is 0. The molecule has 0 radical (unpaired) electrons. The largest absolute Gasteiger partial charge is 0.416 e. The number of pyridine rings is 1. The summed E-state index contributed by atoms with van der Waals surface area (Å²) in [5.41, 5.74) is 5.45. The normalized spacial score (nSPS) is 16.8. The quantitative estimate of drug-likeness (QED) is 0.483. The standard InChI is InChI=1S/C22H20F3N5/c1-12-11-28-21-17(12)16(7-8-27-21)18-19(29-30-10-9-26-13(2)20(18)30)14-3-5-15(6-4-14)22(23,24)25/h3-8,11,13,26H,9-10H2,1-2H3,(H,27,28). The van der Waals surface area contributed by atoms with E-state index in [0.717, 1.165) is 52.1 Å². The number of alkyl halides is 3. The van der Waals surface area contributed by atoms with Crippen LogP contribution < -0.4 is 5.32 Å². The first kappa shape index (κ1) is 18.9. The summed E-state index contributed by atoms with van der Waals surface area (Å²) in [5.74, 6) is 0. The summed E-state index contributed by atoms with van der Waals surface area (Å²) in [6.45, 7) is 5.58. The molecule has 2 N–H and O–H groups in total. The molecular weight excluding hydrogens is 391 g/mol. The van der Waals surface area contributed by atoms with Crippen LogP contribution in [0.15, 0.2) is 42.7 Å². The number of aromatic amines is 1. The molecule has 1 aliphatic rings. The first-order valence-electron chi connectivity index (χ1n) is 9.79. The molecule has 3 aromatic heterocycles. The molecular formula is C22H20F3N5. The van der Waals surface area contributed by atoms with Crippen LogP contribution in [0.1, 0.15) is 29.8 Å². The van der Waals surface area contributed by atoms with Gasteiger partial charge in [-0.3, -0.25) is 4.68 Å². The second-order valence-electron chi connectivity index (χ2n) is 7.64. The lowest BCUT2D eigenvalue weighted by Crippen LogP contribution is -2.32. The van der Waals surface area contributed by atoms with Gasteiger partial charge < -0.3 is 10.3 Å². The number of hydrogen-bond acceptors (Lipinski definition) is 3. The molecule has 1 unspecified atom stereocenters. The van der Waals surface area contributed by atoms with Gasteiger partial charge in [-0.1, -0.05) is 12.1 Å². The van der Waals surface area contributed by atoms with E-state index >= 15 is 0 Å². The number of aryl methyl sites for hydroxylation is 1. The third-order valence-electron chi connectivity index (χ3n) is 5.70. The Labute approximate surface area is 170 Å². The summed E-state index contributed by atoms with van der Waals surface area (Å²) in [5, 5.41) is 9.29. The smallest absolute Gasteiger partial charge is 0.346 e. The molecule has 0 saturated heterocycles. The summed E-state index contributed by atoms with van der Waals surface area (Å²) < 4.78 is 41.1. The van der Waals surface area contributed by atoms with Gasteiger partial charge in [-0.05, 0) is 43.2 Å². The molecule has 4 aromatic rings. The molecule has 1 aliphatic heterocycles. The van der Waals surface area contributed by atoms with Crippen molar-refractivity contribution in [2.75, 3.05) is 6.54 Å². The maximum absolute atomic E-state index is 13.0. The third kappa shape index (κ3) is 2.90. The van der Waals surface area contributed by atoms with Gasteiger partial charge in [0.15, 0.2) is 0 Å². The number of H-pyrrole nitrogens is 1. The van der Waals surface area contributed by atoms with Gasteiger partial charge in [0, 0.05) is 41.5 Å². The Bertz CT molecular complexity index is 1230. The molecule has 0 spiro atoms. The van der Waals surface area contributed by atoms with E-state index < -0.39 is 11.7 Å². The molecule has 0 aliphatic carbocycles. The molecule has 5 nitrogen and oxygen atoms in total. The minimum atomic E-state index is -4.37. The molecule has 5 rings (SSSR count). The number of hydrogen-bond donors (Lipinski definition) is 2. The topological polar surface area (TPSA) is 58.5 Å². The Morgan fingerprint density at radius 3 is 2.63 bits per heavy atom. The maximum atomic E-state index is 13.0. The summed E-state index contributed by atoms with van der Waals surface area (Å²) in [4.78, 5) is 7.61. The fourth-order valence-corrected chi connectivity index (χ4v) is 4.28. The number of nitrogens with zero attached hydrogens (tertiary/aromatic N) is 3. The van der Waals surface area contributed by atoms with Crippen molar-refractivity contribution in [2.24, 2.45) is 0 Å². The van der Waals surface area contributed by atoms with Crippen LogP contribution in [0.3, 0.4) is 0 Å². The predicted molar refractivity (Wildman–Crippen MR) is 109 cm³/mol. The van der Waals surface area contributed by atoms with E-state index in [1.54, 1.807) is 6.20 Å². The fraction of sp³-hybridized carbons (Fsp3) is 0.273. The van der Waals surface area contributed by atoms with Crippen LogP contribution in [-0.4, -0.2) is 26.3 Å².